The zero-order valence-electron chi connectivity index (χ0n) is 10.7. The lowest BCUT2D eigenvalue weighted by atomic mass is 10.2. The number of likely N-dealkylation sites (N-methyl/N-ethyl adjacent to an activating group) is 1. The summed E-state index contributed by atoms with van der Waals surface area (Å²) in [5, 5.41) is 0. The van der Waals surface area contributed by atoms with Gasteiger partial charge in [-0.25, -0.2) is 0 Å². The van der Waals surface area contributed by atoms with Crippen molar-refractivity contribution in [3.05, 3.63) is 0 Å². The van der Waals surface area contributed by atoms with E-state index >= 15 is 0 Å². The topological polar surface area (TPSA) is 40.6 Å². The highest BCUT2D eigenvalue weighted by molar-refractivity contribution is 7.80. The minimum atomic E-state index is -0.237. The fourth-order valence-electron chi connectivity index (χ4n) is 2.26. The molecule has 0 unspecified atom stereocenters. The molecular weight excluding hydrogens is 236 g/mol. The van der Waals surface area contributed by atoms with E-state index in [1.807, 2.05) is 14.0 Å². The van der Waals surface area contributed by atoms with E-state index in [0.29, 0.717) is 18.7 Å². The standard InChI is InChI=1S/C12H22N2O2S/c1-3-7-13(2)12(16)10-5-4-8-14(10)11(15)6-9-17/h10,17H,3-9H2,1-2H3/t10-/m0/s1. The first kappa shape index (κ1) is 14.4. The SMILES string of the molecule is CCCN(C)C(=O)[C@@H]1CCCN1C(=O)CCS. The molecule has 5 heteroatoms. The smallest absolute Gasteiger partial charge is 0.245 e. The number of rotatable bonds is 5. The van der Waals surface area contributed by atoms with E-state index in [1.165, 1.54) is 0 Å². The van der Waals surface area contributed by atoms with Crippen LogP contribution in [0.4, 0.5) is 0 Å². The first-order chi connectivity index (χ1) is 8.11. The monoisotopic (exact) mass is 258 g/mol. The Morgan fingerprint density at radius 3 is 2.76 bits per heavy atom. The predicted molar refractivity (Wildman–Crippen MR) is 71.1 cm³/mol. The van der Waals surface area contributed by atoms with Crippen molar-refractivity contribution < 1.29 is 9.59 Å². The molecule has 0 aromatic rings. The molecule has 0 spiro atoms. The molecule has 0 aliphatic carbocycles. The Kier molecular flexibility index (Phi) is 5.82. The Hall–Kier alpha value is -0.710. The summed E-state index contributed by atoms with van der Waals surface area (Å²) in [6, 6.07) is -0.237. The van der Waals surface area contributed by atoms with Crippen molar-refractivity contribution in [1.29, 1.82) is 0 Å². The number of amides is 2. The zero-order chi connectivity index (χ0) is 12.8. The van der Waals surface area contributed by atoms with E-state index in [0.717, 1.165) is 25.8 Å². The zero-order valence-corrected chi connectivity index (χ0v) is 11.6. The highest BCUT2D eigenvalue weighted by Crippen LogP contribution is 2.20. The number of hydrogen-bond acceptors (Lipinski definition) is 3. The highest BCUT2D eigenvalue weighted by atomic mass is 32.1. The largest absolute Gasteiger partial charge is 0.344 e. The normalized spacial score (nSPS) is 19.5. The van der Waals surface area contributed by atoms with Crippen LogP contribution in [0.5, 0.6) is 0 Å². The third-order valence-corrected chi connectivity index (χ3v) is 3.34. The molecule has 1 aliphatic heterocycles. The maximum absolute atomic E-state index is 12.2. The summed E-state index contributed by atoms with van der Waals surface area (Å²) in [4.78, 5) is 27.5. The predicted octanol–water partition coefficient (Wildman–Crippen LogP) is 1.17. The Morgan fingerprint density at radius 1 is 1.47 bits per heavy atom. The molecule has 0 saturated carbocycles. The quantitative estimate of drug-likeness (QED) is 0.752. The molecule has 17 heavy (non-hydrogen) atoms. The van der Waals surface area contributed by atoms with Gasteiger partial charge < -0.3 is 9.80 Å². The molecule has 1 fully saturated rings. The van der Waals surface area contributed by atoms with Crippen LogP contribution in [0.1, 0.15) is 32.6 Å². The van der Waals surface area contributed by atoms with E-state index in [1.54, 1.807) is 9.80 Å². The third kappa shape index (κ3) is 3.63. The van der Waals surface area contributed by atoms with Crippen LogP contribution in [0.3, 0.4) is 0 Å². The van der Waals surface area contributed by atoms with Gasteiger partial charge in [-0.3, -0.25) is 9.59 Å². The number of nitrogens with zero attached hydrogens (tertiary/aromatic N) is 2. The van der Waals surface area contributed by atoms with Gasteiger partial charge in [-0.15, -0.1) is 0 Å². The molecule has 0 aromatic carbocycles. The molecule has 1 saturated heterocycles. The van der Waals surface area contributed by atoms with Crippen molar-refractivity contribution >= 4 is 24.4 Å². The Bertz CT molecular complexity index is 284. The van der Waals surface area contributed by atoms with Gasteiger partial charge in [-0.05, 0) is 25.0 Å². The van der Waals surface area contributed by atoms with Crippen LogP contribution in [0.15, 0.2) is 0 Å². The summed E-state index contributed by atoms with van der Waals surface area (Å²) in [7, 11) is 1.81. The first-order valence-corrected chi connectivity index (χ1v) is 6.90. The maximum Gasteiger partial charge on any atom is 0.245 e. The van der Waals surface area contributed by atoms with Gasteiger partial charge in [0.05, 0.1) is 0 Å². The van der Waals surface area contributed by atoms with Crippen molar-refractivity contribution in [3.8, 4) is 0 Å². The van der Waals surface area contributed by atoms with Gasteiger partial charge in [-0.1, -0.05) is 6.92 Å². The molecular formula is C12H22N2O2S. The second-order valence-electron chi connectivity index (χ2n) is 4.48. The van der Waals surface area contributed by atoms with Crippen LogP contribution < -0.4 is 0 Å². The Labute approximate surface area is 109 Å². The van der Waals surface area contributed by atoms with E-state index in [2.05, 4.69) is 12.6 Å². The average Bonchev–Trinajstić information content (AvgIpc) is 2.77. The van der Waals surface area contributed by atoms with Gasteiger partial charge in [0.15, 0.2) is 0 Å². The molecule has 1 aliphatic rings. The van der Waals surface area contributed by atoms with Gasteiger partial charge in [0.1, 0.15) is 6.04 Å². The van der Waals surface area contributed by atoms with Gasteiger partial charge in [0, 0.05) is 26.6 Å². The number of thiol groups is 1. The van der Waals surface area contributed by atoms with Gasteiger partial charge in [0.2, 0.25) is 11.8 Å². The van der Waals surface area contributed by atoms with Crippen LogP contribution >= 0.6 is 12.6 Å². The second kappa shape index (κ2) is 6.89. The summed E-state index contributed by atoms with van der Waals surface area (Å²) >= 11 is 4.07. The highest BCUT2D eigenvalue weighted by Gasteiger charge is 2.34. The lowest BCUT2D eigenvalue weighted by molar-refractivity contribution is -0.142. The molecule has 0 N–H and O–H groups in total. The van der Waals surface area contributed by atoms with Crippen molar-refractivity contribution in [2.75, 3.05) is 25.9 Å². The van der Waals surface area contributed by atoms with Crippen molar-refractivity contribution in [2.45, 2.75) is 38.6 Å². The number of likely N-dealkylation sites (tertiary alicyclic amines) is 1. The van der Waals surface area contributed by atoms with Crippen LogP contribution in [0.25, 0.3) is 0 Å². The molecule has 0 aromatic heterocycles. The summed E-state index contributed by atoms with van der Waals surface area (Å²) in [5.41, 5.74) is 0. The number of hydrogen-bond donors (Lipinski definition) is 1. The maximum atomic E-state index is 12.2. The summed E-state index contributed by atoms with van der Waals surface area (Å²) in [5.74, 6) is 0.679. The fourth-order valence-corrected chi connectivity index (χ4v) is 2.45. The van der Waals surface area contributed by atoms with E-state index in [9.17, 15) is 9.59 Å². The van der Waals surface area contributed by atoms with Crippen molar-refractivity contribution in [2.24, 2.45) is 0 Å². The summed E-state index contributed by atoms with van der Waals surface area (Å²) < 4.78 is 0. The Morgan fingerprint density at radius 2 is 2.18 bits per heavy atom. The molecule has 1 atom stereocenters. The van der Waals surface area contributed by atoms with Crippen LogP contribution in [0.2, 0.25) is 0 Å². The average molecular weight is 258 g/mol. The first-order valence-electron chi connectivity index (χ1n) is 6.27. The molecule has 98 valence electrons. The molecule has 4 nitrogen and oxygen atoms in total. The lowest BCUT2D eigenvalue weighted by Gasteiger charge is -2.27. The van der Waals surface area contributed by atoms with Gasteiger partial charge >= 0.3 is 0 Å². The number of carbonyl (C=O) groups excluding carboxylic acids is 2. The van der Waals surface area contributed by atoms with E-state index in [-0.39, 0.29) is 17.9 Å². The summed E-state index contributed by atoms with van der Waals surface area (Å²) in [6.07, 6.45) is 3.09. The minimum absolute atomic E-state index is 0.0562. The fraction of sp³-hybridized carbons (Fsp3) is 0.833. The van der Waals surface area contributed by atoms with Crippen LogP contribution in [-0.2, 0) is 9.59 Å². The molecule has 2 amide bonds. The third-order valence-electron chi connectivity index (χ3n) is 3.12. The van der Waals surface area contributed by atoms with Gasteiger partial charge in [0.25, 0.3) is 0 Å². The van der Waals surface area contributed by atoms with Crippen molar-refractivity contribution in [3.63, 3.8) is 0 Å². The van der Waals surface area contributed by atoms with Gasteiger partial charge in [-0.2, -0.15) is 12.6 Å². The lowest BCUT2D eigenvalue weighted by Crippen LogP contribution is -2.46. The second-order valence-corrected chi connectivity index (χ2v) is 4.93. The van der Waals surface area contributed by atoms with Crippen molar-refractivity contribution in [1.82, 2.24) is 9.80 Å². The Balaban J connectivity index is 2.62. The molecule has 1 heterocycles. The molecule has 1 rings (SSSR count). The van der Waals surface area contributed by atoms with Crippen LogP contribution in [-0.4, -0.2) is 53.5 Å². The van der Waals surface area contributed by atoms with Crippen LogP contribution in [0, 0.1) is 0 Å². The van der Waals surface area contributed by atoms with E-state index < -0.39 is 0 Å². The number of carbonyl (C=O) groups is 2. The minimum Gasteiger partial charge on any atom is -0.344 e. The summed E-state index contributed by atoms with van der Waals surface area (Å²) in [6.45, 7) is 3.51. The molecule has 0 bridgehead atoms. The molecule has 0 radical (unpaired) electrons. The van der Waals surface area contributed by atoms with E-state index in [4.69, 9.17) is 0 Å².